The second-order valence-corrected chi connectivity index (χ2v) is 6.07. The van der Waals surface area contributed by atoms with Crippen molar-refractivity contribution in [2.24, 2.45) is 4.99 Å². The van der Waals surface area contributed by atoms with Crippen molar-refractivity contribution in [3.63, 3.8) is 0 Å². The fraction of sp³-hybridized carbons (Fsp3) is 0.857. The first-order chi connectivity index (χ1) is 9.51. The van der Waals surface area contributed by atoms with Gasteiger partial charge in [-0.3, -0.25) is 14.7 Å². The molecule has 2 fully saturated rings. The van der Waals surface area contributed by atoms with Crippen LogP contribution in [0, 0.1) is 0 Å². The SMILES string of the molecule is CN=C(NCC(=O)N(C)C)NC1CC(C)N(C2CC2)C1.I. The smallest absolute Gasteiger partial charge is 0.241 e. The van der Waals surface area contributed by atoms with Crippen molar-refractivity contribution in [1.82, 2.24) is 20.4 Å². The van der Waals surface area contributed by atoms with Crippen LogP contribution in [-0.4, -0.2) is 74.0 Å². The molecular formula is C14H28IN5O. The number of hydrogen-bond acceptors (Lipinski definition) is 3. The average molecular weight is 409 g/mol. The van der Waals surface area contributed by atoms with Crippen LogP contribution < -0.4 is 10.6 Å². The van der Waals surface area contributed by atoms with Crippen LogP contribution in [0.1, 0.15) is 26.2 Å². The lowest BCUT2D eigenvalue weighted by Crippen LogP contribution is -2.47. The van der Waals surface area contributed by atoms with E-state index in [4.69, 9.17) is 0 Å². The van der Waals surface area contributed by atoms with E-state index in [1.165, 1.54) is 12.8 Å². The number of aliphatic imine (C=N–C) groups is 1. The van der Waals surface area contributed by atoms with Gasteiger partial charge < -0.3 is 15.5 Å². The van der Waals surface area contributed by atoms with Gasteiger partial charge in [0.2, 0.25) is 5.91 Å². The zero-order chi connectivity index (χ0) is 14.7. The van der Waals surface area contributed by atoms with Crippen LogP contribution in [0.15, 0.2) is 4.99 Å². The number of likely N-dealkylation sites (N-methyl/N-ethyl adjacent to an activating group) is 1. The molecule has 1 amide bonds. The van der Waals surface area contributed by atoms with Crippen molar-refractivity contribution in [3.8, 4) is 0 Å². The standard InChI is InChI=1S/C14H27N5O.HI/c1-10-7-11(9-19(10)12-5-6-12)17-14(15-2)16-8-13(20)18(3)4;/h10-12H,5-9H2,1-4H3,(H2,15,16,17);1H. The van der Waals surface area contributed by atoms with Crippen LogP contribution in [-0.2, 0) is 4.79 Å². The number of likely N-dealkylation sites (tertiary alicyclic amines) is 1. The zero-order valence-electron chi connectivity index (χ0n) is 13.4. The summed E-state index contributed by atoms with van der Waals surface area (Å²) in [5.74, 6) is 0.766. The Morgan fingerprint density at radius 3 is 2.57 bits per heavy atom. The summed E-state index contributed by atoms with van der Waals surface area (Å²) in [7, 11) is 5.26. The maximum atomic E-state index is 11.6. The summed E-state index contributed by atoms with van der Waals surface area (Å²) in [5.41, 5.74) is 0. The lowest BCUT2D eigenvalue weighted by molar-refractivity contribution is -0.127. The van der Waals surface area contributed by atoms with Crippen molar-refractivity contribution >= 4 is 35.8 Å². The Morgan fingerprint density at radius 2 is 2.05 bits per heavy atom. The van der Waals surface area contributed by atoms with Gasteiger partial charge in [-0.1, -0.05) is 0 Å². The zero-order valence-corrected chi connectivity index (χ0v) is 15.8. The molecule has 0 bridgehead atoms. The Morgan fingerprint density at radius 1 is 1.38 bits per heavy atom. The first kappa shape index (κ1) is 18.5. The number of halogens is 1. The Labute approximate surface area is 144 Å². The summed E-state index contributed by atoms with van der Waals surface area (Å²) >= 11 is 0. The van der Waals surface area contributed by atoms with E-state index in [1.807, 2.05) is 0 Å². The van der Waals surface area contributed by atoms with Gasteiger partial charge in [-0.2, -0.15) is 0 Å². The summed E-state index contributed by atoms with van der Waals surface area (Å²) in [6.45, 7) is 3.65. The first-order valence-electron chi connectivity index (χ1n) is 7.44. The van der Waals surface area contributed by atoms with Crippen LogP contribution >= 0.6 is 24.0 Å². The molecule has 0 radical (unpaired) electrons. The van der Waals surface area contributed by atoms with Gasteiger partial charge >= 0.3 is 0 Å². The summed E-state index contributed by atoms with van der Waals surface area (Å²) in [4.78, 5) is 19.9. The van der Waals surface area contributed by atoms with Gasteiger partial charge in [0.25, 0.3) is 0 Å². The molecule has 21 heavy (non-hydrogen) atoms. The van der Waals surface area contributed by atoms with E-state index in [0.717, 1.165) is 25.0 Å². The van der Waals surface area contributed by atoms with Gasteiger partial charge in [0.05, 0.1) is 6.54 Å². The lowest BCUT2D eigenvalue weighted by atomic mass is 10.2. The molecule has 2 atom stereocenters. The number of rotatable bonds is 4. The number of hydrogen-bond donors (Lipinski definition) is 2. The Balaban J connectivity index is 0.00000220. The minimum Gasteiger partial charge on any atom is -0.352 e. The van der Waals surface area contributed by atoms with Crippen LogP contribution in [0.4, 0.5) is 0 Å². The van der Waals surface area contributed by atoms with E-state index in [9.17, 15) is 4.79 Å². The monoisotopic (exact) mass is 409 g/mol. The molecule has 2 unspecified atom stereocenters. The predicted molar refractivity (Wildman–Crippen MR) is 96.2 cm³/mol. The van der Waals surface area contributed by atoms with E-state index in [2.05, 4.69) is 27.4 Å². The molecule has 6 nitrogen and oxygen atoms in total. The number of nitrogens with one attached hydrogen (secondary N) is 2. The van der Waals surface area contributed by atoms with Crippen LogP contribution in [0.25, 0.3) is 0 Å². The molecule has 0 aromatic rings. The summed E-state index contributed by atoms with van der Waals surface area (Å²) < 4.78 is 0. The van der Waals surface area contributed by atoms with Gasteiger partial charge in [-0.05, 0) is 26.2 Å². The number of amides is 1. The third-order valence-electron chi connectivity index (χ3n) is 4.11. The molecule has 2 aliphatic rings. The molecule has 0 aromatic heterocycles. The minimum atomic E-state index is 0. The van der Waals surface area contributed by atoms with E-state index < -0.39 is 0 Å². The lowest BCUT2D eigenvalue weighted by Gasteiger charge is -2.20. The third kappa shape index (κ3) is 5.28. The Kier molecular flexibility index (Phi) is 7.19. The second-order valence-electron chi connectivity index (χ2n) is 6.07. The molecular weight excluding hydrogens is 381 g/mol. The minimum absolute atomic E-state index is 0. The number of guanidine groups is 1. The van der Waals surface area contributed by atoms with E-state index in [1.54, 1.807) is 26.0 Å². The highest BCUT2D eigenvalue weighted by Crippen LogP contribution is 2.33. The summed E-state index contributed by atoms with van der Waals surface area (Å²) in [5, 5.41) is 6.51. The molecule has 2 N–H and O–H groups in total. The molecule has 1 heterocycles. The van der Waals surface area contributed by atoms with Crippen molar-refractivity contribution in [2.45, 2.75) is 44.3 Å². The van der Waals surface area contributed by atoms with Gasteiger partial charge in [0.15, 0.2) is 5.96 Å². The van der Waals surface area contributed by atoms with Crippen molar-refractivity contribution in [2.75, 3.05) is 34.2 Å². The van der Waals surface area contributed by atoms with Crippen molar-refractivity contribution in [1.29, 1.82) is 0 Å². The fourth-order valence-electron chi connectivity index (χ4n) is 2.78. The van der Waals surface area contributed by atoms with Crippen LogP contribution in [0.2, 0.25) is 0 Å². The van der Waals surface area contributed by atoms with Gasteiger partial charge in [0, 0.05) is 45.8 Å². The summed E-state index contributed by atoms with van der Waals surface area (Å²) in [6, 6.07) is 1.87. The quantitative estimate of drug-likeness (QED) is 0.403. The molecule has 7 heteroatoms. The Hall–Kier alpha value is -0.570. The summed E-state index contributed by atoms with van der Waals surface area (Å²) in [6.07, 6.45) is 3.83. The van der Waals surface area contributed by atoms with E-state index in [-0.39, 0.29) is 36.4 Å². The fourth-order valence-corrected chi connectivity index (χ4v) is 2.78. The van der Waals surface area contributed by atoms with Crippen molar-refractivity contribution < 1.29 is 4.79 Å². The maximum Gasteiger partial charge on any atom is 0.241 e. The highest BCUT2D eigenvalue weighted by Gasteiger charge is 2.38. The van der Waals surface area contributed by atoms with Crippen molar-refractivity contribution in [3.05, 3.63) is 0 Å². The Bertz CT molecular complexity index is 384. The molecule has 0 spiro atoms. The third-order valence-corrected chi connectivity index (χ3v) is 4.11. The average Bonchev–Trinajstić information content (AvgIpc) is 3.18. The number of nitrogens with zero attached hydrogens (tertiary/aromatic N) is 3. The maximum absolute atomic E-state index is 11.6. The first-order valence-corrected chi connectivity index (χ1v) is 7.44. The number of carbonyl (C=O) groups excluding carboxylic acids is 1. The van der Waals surface area contributed by atoms with Gasteiger partial charge in [0.1, 0.15) is 0 Å². The van der Waals surface area contributed by atoms with Gasteiger partial charge in [-0.15, -0.1) is 24.0 Å². The molecule has 1 aliphatic carbocycles. The molecule has 2 rings (SSSR count). The largest absolute Gasteiger partial charge is 0.352 e. The second kappa shape index (κ2) is 8.17. The normalized spacial score (nSPS) is 26.2. The molecule has 1 aliphatic heterocycles. The van der Waals surface area contributed by atoms with E-state index >= 15 is 0 Å². The molecule has 0 aromatic carbocycles. The highest BCUT2D eigenvalue weighted by molar-refractivity contribution is 14.0. The molecule has 1 saturated heterocycles. The van der Waals surface area contributed by atoms with Crippen LogP contribution in [0.5, 0.6) is 0 Å². The predicted octanol–water partition coefficient (Wildman–Crippen LogP) is 0.483. The highest BCUT2D eigenvalue weighted by atomic mass is 127. The van der Waals surface area contributed by atoms with Crippen LogP contribution in [0.3, 0.4) is 0 Å². The number of carbonyl (C=O) groups is 1. The molecule has 122 valence electrons. The van der Waals surface area contributed by atoms with Gasteiger partial charge in [-0.25, -0.2) is 0 Å². The molecule has 1 saturated carbocycles. The van der Waals surface area contributed by atoms with E-state index in [0.29, 0.717) is 12.1 Å². The topological polar surface area (TPSA) is 60.0 Å².